The summed E-state index contributed by atoms with van der Waals surface area (Å²) in [5, 5.41) is 14.6. The third-order valence-corrected chi connectivity index (χ3v) is 8.55. The van der Waals surface area contributed by atoms with Crippen LogP contribution < -0.4 is 15.5 Å². The van der Waals surface area contributed by atoms with Crippen molar-refractivity contribution in [3.05, 3.63) is 42.1 Å². The zero-order valence-electron chi connectivity index (χ0n) is 21.9. The number of carbonyl (C=O) groups excluding carboxylic acids is 1. The molecule has 3 aliphatic rings. The predicted molar refractivity (Wildman–Crippen MR) is 151 cm³/mol. The summed E-state index contributed by atoms with van der Waals surface area (Å²) in [7, 11) is 0. The minimum absolute atomic E-state index is 0.00821. The van der Waals surface area contributed by atoms with Gasteiger partial charge in [0.25, 0.3) is 0 Å². The van der Waals surface area contributed by atoms with Crippen LogP contribution in [-0.2, 0) is 4.79 Å². The fraction of sp³-hybridized carbons (Fsp3) is 0.500. The van der Waals surface area contributed by atoms with Crippen LogP contribution in [0.1, 0.15) is 63.5 Å². The predicted octanol–water partition coefficient (Wildman–Crippen LogP) is 5.39. The minimum atomic E-state index is 0.00821. The maximum absolute atomic E-state index is 11.7. The van der Waals surface area contributed by atoms with Gasteiger partial charge in [-0.25, -0.2) is 9.97 Å². The lowest BCUT2D eigenvalue weighted by Crippen LogP contribution is -2.44. The quantitative estimate of drug-likeness (QED) is 0.316. The van der Waals surface area contributed by atoms with E-state index in [2.05, 4.69) is 42.8 Å². The SMILES string of the molecule is CCC(=O)Nc1ccc(Sc2nc(Nc3cc(C4CC4)[nH]n3)cc(N3CCC(N4CCCC4)CC3)n2)cc1. The Labute approximate surface area is 228 Å². The lowest BCUT2D eigenvalue weighted by atomic mass is 10.0. The molecule has 0 bridgehead atoms. The van der Waals surface area contributed by atoms with Gasteiger partial charge in [0.15, 0.2) is 11.0 Å². The van der Waals surface area contributed by atoms with E-state index in [-0.39, 0.29) is 5.91 Å². The largest absolute Gasteiger partial charge is 0.356 e. The van der Waals surface area contributed by atoms with Crippen molar-refractivity contribution in [2.45, 2.75) is 73.9 Å². The summed E-state index contributed by atoms with van der Waals surface area (Å²) in [6.07, 6.45) is 7.93. The molecule has 6 rings (SSSR count). The van der Waals surface area contributed by atoms with Crippen molar-refractivity contribution in [3.63, 3.8) is 0 Å². The van der Waals surface area contributed by atoms with E-state index in [0.29, 0.717) is 23.5 Å². The Kier molecular flexibility index (Phi) is 7.51. The number of aromatic amines is 1. The highest BCUT2D eigenvalue weighted by molar-refractivity contribution is 7.99. The number of hydrogen-bond acceptors (Lipinski definition) is 8. The number of aromatic nitrogens is 4. The number of nitrogens with zero attached hydrogens (tertiary/aromatic N) is 5. The molecule has 38 heavy (non-hydrogen) atoms. The van der Waals surface area contributed by atoms with E-state index < -0.39 is 0 Å². The Balaban J connectivity index is 1.20. The molecular formula is C28H36N8OS. The Morgan fingerprint density at radius 3 is 2.47 bits per heavy atom. The van der Waals surface area contributed by atoms with Gasteiger partial charge in [-0.3, -0.25) is 9.89 Å². The molecule has 200 valence electrons. The fourth-order valence-corrected chi connectivity index (χ4v) is 6.11. The van der Waals surface area contributed by atoms with Crippen LogP contribution in [-0.4, -0.2) is 63.2 Å². The maximum atomic E-state index is 11.7. The second-order valence-electron chi connectivity index (χ2n) is 10.5. The van der Waals surface area contributed by atoms with Crippen molar-refractivity contribution in [2.24, 2.45) is 0 Å². The first-order chi connectivity index (χ1) is 18.6. The summed E-state index contributed by atoms with van der Waals surface area (Å²) < 4.78 is 0. The lowest BCUT2D eigenvalue weighted by Gasteiger charge is -2.37. The Hall–Kier alpha value is -3.11. The summed E-state index contributed by atoms with van der Waals surface area (Å²) in [6, 6.07) is 12.7. The van der Waals surface area contributed by atoms with Gasteiger partial charge >= 0.3 is 0 Å². The van der Waals surface area contributed by atoms with Gasteiger partial charge in [0.1, 0.15) is 11.6 Å². The molecule has 3 aromatic rings. The number of carbonyl (C=O) groups is 1. The lowest BCUT2D eigenvalue weighted by molar-refractivity contribution is -0.115. The fourth-order valence-electron chi connectivity index (χ4n) is 5.35. The number of H-pyrrole nitrogens is 1. The molecule has 9 nitrogen and oxygen atoms in total. The molecule has 3 fully saturated rings. The first kappa shape index (κ1) is 25.2. The number of hydrogen-bond donors (Lipinski definition) is 3. The molecule has 1 aliphatic carbocycles. The summed E-state index contributed by atoms with van der Waals surface area (Å²) in [6.45, 7) is 6.35. The van der Waals surface area contributed by atoms with Gasteiger partial charge in [-0.2, -0.15) is 5.10 Å². The number of rotatable bonds is 9. The van der Waals surface area contributed by atoms with Crippen molar-refractivity contribution in [2.75, 3.05) is 41.7 Å². The Morgan fingerprint density at radius 1 is 1.00 bits per heavy atom. The standard InChI is InChI=1S/C28H36N8OS/c1-2-27(37)29-20-7-9-22(10-8-20)38-28-31-24(30-25-17-23(33-34-25)19-5-6-19)18-26(32-28)36-15-11-21(12-16-36)35-13-3-4-14-35/h7-10,17-19,21H,2-6,11-16H2,1H3,(H,29,37)(H2,30,31,32,33,34). The third kappa shape index (κ3) is 6.13. The van der Waals surface area contributed by atoms with Crippen LogP contribution in [0.25, 0.3) is 0 Å². The number of likely N-dealkylation sites (tertiary alicyclic amines) is 1. The Bertz CT molecular complexity index is 1240. The maximum Gasteiger partial charge on any atom is 0.224 e. The molecule has 10 heteroatoms. The van der Waals surface area contributed by atoms with Crippen LogP contribution in [0.4, 0.5) is 23.1 Å². The van der Waals surface area contributed by atoms with Gasteiger partial charge in [-0.05, 0) is 87.6 Å². The smallest absolute Gasteiger partial charge is 0.224 e. The van der Waals surface area contributed by atoms with E-state index in [1.807, 2.05) is 31.2 Å². The van der Waals surface area contributed by atoms with Crippen molar-refractivity contribution in [1.29, 1.82) is 0 Å². The molecule has 4 heterocycles. The van der Waals surface area contributed by atoms with Gasteiger partial charge < -0.3 is 20.4 Å². The molecule has 2 aliphatic heterocycles. The zero-order valence-corrected chi connectivity index (χ0v) is 22.8. The number of amides is 1. The van der Waals surface area contributed by atoms with E-state index in [0.717, 1.165) is 41.1 Å². The highest BCUT2D eigenvalue weighted by Crippen LogP contribution is 2.40. The molecule has 0 atom stereocenters. The topological polar surface area (TPSA) is 102 Å². The van der Waals surface area contributed by atoms with Gasteiger partial charge in [0.2, 0.25) is 5.91 Å². The van der Waals surface area contributed by atoms with Crippen molar-refractivity contribution >= 4 is 40.8 Å². The summed E-state index contributed by atoms with van der Waals surface area (Å²) in [4.78, 5) is 27.6. The van der Waals surface area contributed by atoms with Gasteiger partial charge in [0, 0.05) is 59.9 Å². The average Bonchev–Trinajstić information content (AvgIpc) is 3.43. The van der Waals surface area contributed by atoms with E-state index >= 15 is 0 Å². The first-order valence-corrected chi connectivity index (χ1v) is 14.7. The second kappa shape index (κ2) is 11.3. The van der Waals surface area contributed by atoms with E-state index in [4.69, 9.17) is 9.97 Å². The van der Waals surface area contributed by atoms with Crippen LogP contribution in [0.3, 0.4) is 0 Å². The van der Waals surface area contributed by atoms with E-state index in [1.54, 1.807) is 0 Å². The van der Waals surface area contributed by atoms with Crippen LogP contribution in [0.2, 0.25) is 0 Å². The van der Waals surface area contributed by atoms with Crippen molar-refractivity contribution < 1.29 is 4.79 Å². The minimum Gasteiger partial charge on any atom is -0.356 e. The monoisotopic (exact) mass is 532 g/mol. The molecule has 1 aromatic carbocycles. The molecule has 1 amide bonds. The zero-order chi connectivity index (χ0) is 25.9. The first-order valence-electron chi connectivity index (χ1n) is 13.9. The molecule has 2 saturated heterocycles. The Morgan fingerprint density at radius 2 is 1.76 bits per heavy atom. The molecule has 0 unspecified atom stereocenters. The average molecular weight is 533 g/mol. The molecule has 0 spiro atoms. The summed E-state index contributed by atoms with van der Waals surface area (Å²) in [5.41, 5.74) is 1.99. The summed E-state index contributed by atoms with van der Waals surface area (Å²) in [5.74, 6) is 3.12. The number of piperidine rings is 1. The normalized spacial score (nSPS) is 18.6. The van der Waals surface area contributed by atoms with E-state index in [1.165, 1.54) is 69.1 Å². The van der Waals surface area contributed by atoms with Crippen LogP contribution in [0, 0.1) is 0 Å². The summed E-state index contributed by atoms with van der Waals surface area (Å²) >= 11 is 1.53. The van der Waals surface area contributed by atoms with Crippen molar-refractivity contribution in [1.82, 2.24) is 25.1 Å². The van der Waals surface area contributed by atoms with Crippen LogP contribution in [0.5, 0.6) is 0 Å². The number of nitrogens with one attached hydrogen (secondary N) is 3. The van der Waals surface area contributed by atoms with Gasteiger partial charge in [-0.1, -0.05) is 6.92 Å². The molecular weight excluding hydrogens is 496 g/mol. The number of benzene rings is 1. The third-order valence-electron chi connectivity index (χ3n) is 7.68. The van der Waals surface area contributed by atoms with Crippen LogP contribution >= 0.6 is 11.8 Å². The molecule has 3 N–H and O–H groups in total. The molecule has 0 radical (unpaired) electrons. The second-order valence-corrected chi connectivity index (χ2v) is 11.5. The molecule has 1 saturated carbocycles. The van der Waals surface area contributed by atoms with E-state index in [9.17, 15) is 4.79 Å². The molecule has 2 aromatic heterocycles. The highest BCUT2D eigenvalue weighted by atomic mass is 32.2. The van der Waals surface area contributed by atoms with Crippen molar-refractivity contribution in [3.8, 4) is 0 Å². The van der Waals surface area contributed by atoms with Gasteiger partial charge in [0.05, 0.1) is 0 Å². The van der Waals surface area contributed by atoms with Gasteiger partial charge in [-0.15, -0.1) is 0 Å². The number of anilines is 4. The highest BCUT2D eigenvalue weighted by Gasteiger charge is 2.28. The van der Waals surface area contributed by atoms with Crippen LogP contribution in [0.15, 0.2) is 46.5 Å².